The predicted octanol–water partition coefficient (Wildman–Crippen LogP) is 3.98. The van der Waals surface area contributed by atoms with Crippen molar-refractivity contribution in [2.75, 3.05) is 5.32 Å². The van der Waals surface area contributed by atoms with Crippen molar-refractivity contribution >= 4 is 43.2 Å². The van der Waals surface area contributed by atoms with Crippen molar-refractivity contribution in [2.24, 2.45) is 0 Å². The van der Waals surface area contributed by atoms with Crippen LogP contribution in [0.15, 0.2) is 33.5 Å². The van der Waals surface area contributed by atoms with E-state index in [1.54, 1.807) is 11.3 Å². The third kappa shape index (κ3) is 2.73. The van der Waals surface area contributed by atoms with Crippen molar-refractivity contribution in [2.45, 2.75) is 20.4 Å². The molecule has 0 saturated heterocycles. The molecular formula is C15H14BrN3OS. The summed E-state index contributed by atoms with van der Waals surface area (Å²) in [4.78, 5) is 21.5. The molecule has 0 bridgehead atoms. The Hall–Kier alpha value is -1.66. The largest absolute Gasteiger partial charge is 0.377 e. The van der Waals surface area contributed by atoms with Crippen LogP contribution in [0.4, 0.5) is 5.69 Å². The second-order valence-corrected chi connectivity index (χ2v) is 6.87. The number of para-hydroxylation sites is 1. The van der Waals surface area contributed by atoms with Crippen molar-refractivity contribution in [3.05, 3.63) is 55.4 Å². The van der Waals surface area contributed by atoms with E-state index in [1.165, 1.54) is 0 Å². The molecule has 108 valence electrons. The Balaban J connectivity index is 1.92. The Morgan fingerprint density at radius 2 is 2.10 bits per heavy atom. The van der Waals surface area contributed by atoms with Crippen LogP contribution in [0.25, 0.3) is 10.2 Å². The van der Waals surface area contributed by atoms with Gasteiger partial charge in [0.25, 0.3) is 5.56 Å². The Labute approximate surface area is 134 Å². The maximum Gasteiger partial charge on any atom is 0.259 e. The molecule has 0 aliphatic carbocycles. The van der Waals surface area contributed by atoms with Crippen LogP contribution in [0.5, 0.6) is 0 Å². The molecule has 0 aliphatic heterocycles. The van der Waals surface area contributed by atoms with Crippen molar-refractivity contribution < 1.29 is 0 Å². The number of benzene rings is 1. The lowest BCUT2D eigenvalue weighted by Gasteiger charge is -2.07. The summed E-state index contributed by atoms with van der Waals surface area (Å²) >= 11 is 5.05. The van der Waals surface area contributed by atoms with Gasteiger partial charge in [-0.1, -0.05) is 12.1 Å². The molecule has 0 fully saturated rings. The Bertz CT molecular complexity index is 869. The SMILES string of the molecule is Cc1sc2nc(CNc3ccccc3Br)[nH]c(=O)c2c1C. The van der Waals surface area contributed by atoms with E-state index in [0.29, 0.717) is 17.8 Å². The van der Waals surface area contributed by atoms with Crippen LogP contribution in [0.1, 0.15) is 16.3 Å². The molecule has 0 aliphatic rings. The Morgan fingerprint density at radius 3 is 2.86 bits per heavy atom. The van der Waals surface area contributed by atoms with Crippen LogP contribution in [-0.4, -0.2) is 9.97 Å². The number of aromatic nitrogens is 2. The highest BCUT2D eigenvalue weighted by molar-refractivity contribution is 9.10. The number of anilines is 1. The maximum atomic E-state index is 12.2. The van der Waals surface area contributed by atoms with Gasteiger partial charge in [0.1, 0.15) is 10.7 Å². The summed E-state index contributed by atoms with van der Waals surface area (Å²) in [7, 11) is 0. The third-order valence-corrected chi connectivity index (χ3v) is 5.20. The lowest BCUT2D eigenvalue weighted by molar-refractivity contribution is 0.955. The number of thiophene rings is 1. The molecular weight excluding hydrogens is 350 g/mol. The minimum atomic E-state index is -0.0641. The first-order valence-electron chi connectivity index (χ1n) is 6.53. The zero-order chi connectivity index (χ0) is 15.0. The zero-order valence-electron chi connectivity index (χ0n) is 11.7. The van der Waals surface area contributed by atoms with E-state index in [4.69, 9.17) is 0 Å². The van der Waals surface area contributed by atoms with E-state index < -0.39 is 0 Å². The van der Waals surface area contributed by atoms with Gasteiger partial charge in [0.2, 0.25) is 0 Å². The van der Waals surface area contributed by atoms with E-state index >= 15 is 0 Å². The average Bonchev–Trinajstić information content (AvgIpc) is 2.73. The average molecular weight is 364 g/mol. The number of H-pyrrole nitrogens is 1. The number of aromatic amines is 1. The molecule has 21 heavy (non-hydrogen) atoms. The van der Waals surface area contributed by atoms with Crippen molar-refractivity contribution in [3.63, 3.8) is 0 Å². The molecule has 4 nitrogen and oxygen atoms in total. The number of hydrogen-bond acceptors (Lipinski definition) is 4. The first-order valence-corrected chi connectivity index (χ1v) is 8.14. The number of rotatable bonds is 3. The normalized spacial score (nSPS) is 11.0. The van der Waals surface area contributed by atoms with Gasteiger partial charge in [-0.25, -0.2) is 4.98 Å². The van der Waals surface area contributed by atoms with Crippen molar-refractivity contribution in [1.29, 1.82) is 0 Å². The minimum absolute atomic E-state index is 0.0641. The molecule has 1 aromatic carbocycles. The van der Waals surface area contributed by atoms with Gasteiger partial charge in [-0.05, 0) is 47.5 Å². The molecule has 2 N–H and O–H groups in total. The van der Waals surface area contributed by atoms with Gasteiger partial charge < -0.3 is 10.3 Å². The molecule has 2 heterocycles. The molecule has 0 atom stereocenters. The molecule has 0 radical (unpaired) electrons. The van der Waals surface area contributed by atoms with Crippen molar-refractivity contribution in [1.82, 2.24) is 9.97 Å². The fourth-order valence-electron chi connectivity index (χ4n) is 2.17. The fraction of sp³-hybridized carbons (Fsp3) is 0.200. The van der Waals surface area contributed by atoms with Gasteiger partial charge >= 0.3 is 0 Å². The summed E-state index contributed by atoms with van der Waals surface area (Å²) in [6.07, 6.45) is 0. The van der Waals surface area contributed by atoms with E-state index in [0.717, 1.165) is 25.4 Å². The van der Waals surface area contributed by atoms with Gasteiger partial charge in [0, 0.05) is 15.0 Å². The first-order chi connectivity index (χ1) is 10.1. The van der Waals surface area contributed by atoms with Crippen LogP contribution in [0, 0.1) is 13.8 Å². The van der Waals surface area contributed by atoms with Crippen LogP contribution in [-0.2, 0) is 6.54 Å². The summed E-state index contributed by atoms with van der Waals surface area (Å²) in [5.41, 5.74) is 1.93. The van der Waals surface area contributed by atoms with Gasteiger partial charge in [-0.15, -0.1) is 11.3 Å². The van der Waals surface area contributed by atoms with E-state index in [-0.39, 0.29) is 5.56 Å². The monoisotopic (exact) mass is 363 g/mol. The number of nitrogens with one attached hydrogen (secondary N) is 2. The van der Waals surface area contributed by atoms with Crippen LogP contribution < -0.4 is 10.9 Å². The van der Waals surface area contributed by atoms with Gasteiger partial charge in [-0.2, -0.15) is 0 Å². The topological polar surface area (TPSA) is 57.8 Å². The number of fused-ring (bicyclic) bond motifs is 1. The minimum Gasteiger partial charge on any atom is -0.377 e. The number of nitrogens with zero attached hydrogens (tertiary/aromatic N) is 1. The molecule has 0 spiro atoms. The smallest absolute Gasteiger partial charge is 0.259 e. The highest BCUT2D eigenvalue weighted by Crippen LogP contribution is 2.26. The molecule has 2 aromatic heterocycles. The van der Waals surface area contributed by atoms with E-state index in [9.17, 15) is 4.79 Å². The second kappa shape index (κ2) is 5.61. The second-order valence-electron chi connectivity index (χ2n) is 4.81. The first kappa shape index (κ1) is 14.3. The number of halogens is 1. The predicted molar refractivity (Wildman–Crippen MR) is 91.2 cm³/mol. The summed E-state index contributed by atoms with van der Waals surface area (Å²) in [6, 6.07) is 7.85. The van der Waals surface area contributed by atoms with Crippen LogP contribution in [0.2, 0.25) is 0 Å². The van der Waals surface area contributed by atoms with Crippen molar-refractivity contribution in [3.8, 4) is 0 Å². The summed E-state index contributed by atoms with van der Waals surface area (Å²) in [5, 5.41) is 3.98. The molecule has 0 saturated carbocycles. The zero-order valence-corrected chi connectivity index (χ0v) is 14.1. The lowest BCUT2D eigenvalue weighted by atomic mass is 10.2. The Morgan fingerprint density at radius 1 is 1.33 bits per heavy atom. The Kier molecular flexibility index (Phi) is 3.82. The van der Waals surface area contributed by atoms with Gasteiger partial charge in [-0.3, -0.25) is 4.79 Å². The van der Waals surface area contributed by atoms with Gasteiger partial charge in [0.15, 0.2) is 0 Å². The molecule has 0 unspecified atom stereocenters. The molecule has 6 heteroatoms. The van der Waals surface area contributed by atoms with Crippen LogP contribution in [0.3, 0.4) is 0 Å². The number of hydrogen-bond donors (Lipinski definition) is 2. The summed E-state index contributed by atoms with van der Waals surface area (Å²) < 4.78 is 0.983. The molecule has 3 aromatic rings. The quantitative estimate of drug-likeness (QED) is 0.739. The summed E-state index contributed by atoms with van der Waals surface area (Å²) in [6.45, 7) is 4.45. The molecule has 3 rings (SSSR count). The maximum absolute atomic E-state index is 12.2. The summed E-state index contributed by atoms with van der Waals surface area (Å²) in [5.74, 6) is 0.643. The van der Waals surface area contributed by atoms with E-state index in [2.05, 4.69) is 31.2 Å². The number of aryl methyl sites for hydroxylation is 2. The third-order valence-electron chi connectivity index (χ3n) is 3.41. The highest BCUT2D eigenvalue weighted by atomic mass is 79.9. The molecule has 0 amide bonds. The highest BCUT2D eigenvalue weighted by Gasteiger charge is 2.11. The van der Waals surface area contributed by atoms with E-state index in [1.807, 2.05) is 38.1 Å². The van der Waals surface area contributed by atoms with Gasteiger partial charge in [0.05, 0.1) is 11.9 Å². The van der Waals surface area contributed by atoms with Crippen LogP contribution >= 0.6 is 27.3 Å². The standard InChI is InChI=1S/C15H14BrN3OS/c1-8-9(2)21-15-13(8)14(20)18-12(19-15)7-17-11-6-4-3-5-10(11)16/h3-6,17H,7H2,1-2H3,(H,18,19,20). The fourth-order valence-corrected chi connectivity index (χ4v) is 3.64. The lowest BCUT2D eigenvalue weighted by Crippen LogP contribution is -2.14.